The molecule has 0 bridgehead atoms. The van der Waals surface area contributed by atoms with Gasteiger partial charge in [-0.2, -0.15) is 13.2 Å². The van der Waals surface area contributed by atoms with E-state index in [0.29, 0.717) is 6.07 Å². The van der Waals surface area contributed by atoms with Crippen LogP contribution in [0.4, 0.5) is 30.2 Å². The standard InChI is InChI=1S/C23H15ClF3N3O7/c1-37-19-7-4-13(30(35)36)10-18(19)29-20(31)11-2-5-14(22(33)34)15(8-11)21(32)28-12-3-6-17(24)16(9-12)23(25,26)27/h2-10H,1H3,(H,28,32)(H,29,31)(H,33,34). The number of benzene rings is 3. The summed E-state index contributed by atoms with van der Waals surface area (Å²) in [5.74, 6) is -3.45. The van der Waals surface area contributed by atoms with Gasteiger partial charge in [-0.3, -0.25) is 19.7 Å². The highest BCUT2D eigenvalue weighted by atomic mass is 35.5. The zero-order valence-corrected chi connectivity index (χ0v) is 19.3. The lowest BCUT2D eigenvalue weighted by Crippen LogP contribution is -2.19. The summed E-state index contributed by atoms with van der Waals surface area (Å²) in [4.78, 5) is 47.6. The lowest BCUT2D eigenvalue weighted by molar-refractivity contribution is -0.384. The van der Waals surface area contributed by atoms with Gasteiger partial charge in [0, 0.05) is 23.4 Å². The summed E-state index contributed by atoms with van der Waals surface area (Å²) in [6.45, 7) is 0. The molecule has 0 aliphatic heterocycles. The molecule has 192 valence electrons. The number of alkyl halides is 3. The molecule has 37 heavy (non-hydrogen) atoms. The number of ether oxygens (including phenoxy) is 1. The van der Waals surface area contributed by atoms with Crippen LogP contribution >= 0.6 is 11.6 Å². The van der Waals surface area contributed by atoms with Gasteiger partial charge in [0.15, 0.2) is 0 Å². The minimum Gasteiger partial charge on any atom is -0.495 e. The van der Waals surface area contributed by atoms with Crippen molar-refractivity contribution in [3.05, 3.63) is 92.0 Å². The predicted octanol–water partition coefficient (Wildman–Crippen LogP) is 5.48. The molecule has 0 fully saturated rings. The van der Waals surface area contributed by atoms with Crippen LogP contribution in [-0.2, 0) is 6.18 Å². The summed E-state index contributed by atoms with van der Waals surface area (Å²) in [5, 5.41) is 24.4. The number of methoxy groups -OCH3 is 1. The smallest absolute Gasteiger partial charge is 0.417 e. The first-order valence-corrected chi connectivity index (χ1v) is 10.4. The molecule has 0 aliphatic rings. The Balaban J connectivity index is 1.95. The number of nitrogens with zero attached hydrogens (tertiary/aromatic N) is 1. The molecule has 0 aliphatic carbocycles. The topological polar surface area (TPSA) is 148 Å². The lowest BCUT2D eigenvalue weighted by atomic mass is 10.0. The van der Waals surface area contributed by atoms with Gasteiger partial charge in [0.05, 0.1) is 39.4 Å². The quantitative estimate of drug-likeness (QED) is 0.267. The maximum atomic E-state index is 13.1. The number of anilines is 2. The Bertz CT molecular complexity index is 1430. The summed E-state index contributed by atoms with van der Waals surface area (Å²) >= 11 is 5.57. The third-order valence-corrected chi connectivity index (χ3v) is 5.26. The number of non-ortho nitro benzene ring substituents is 1. The fourth-order valence-corrected chi connectivity index (χ4v) is 3.40. The first-order valence-electron chi connectivity index (χ1n) is 10.0. The number of hydrogen-bond donors (Lipinski definition) is 3. The van der Waals surface area contributed by atoms with Gasteiger partial charge < -0.3 is 20.5 Å². The zero-order valence-electron chi connectivity index (χ0n) is 18.6. The maximum absolute atomic E-state index is 13.1. The molecule has 3 N–H and O–H groups in total. The van der Waals surface area contributed by atoms with Crippen LogP contribution in [0.3, 0.4) is 0 Å². The second-order valence-corrected chi connectivity index (χ2v) is 7.72. The van der Waals surface area contributed by atoms with Crippen molar-refractivity contribution in [3.8, 4) is 5.75 Å². The Hall–Kier alpha value is -4.65. The molecule has 0 heterocycles. The second kappa shape index (κ2) is 10.5. The van der Waals surface area contributed by atoms with Crippen LogP contribution in [0.15, 0.2) is 54.6 Å². The minimum absolute atomic E-state index is 0.0733. The number of nitro groups is 1. The average Bonchev–Trinajstić information content (AvgIpc) is 2.83. The van der Waals surface area contributed by atoms with Crippen LogP contribution in [-0.4, -0.2) is 34.9 Å². The first kappa shape index (κ1) is 26.9. The molecule has 0 spiro atoms. The number of halogens is 4. The number of carboxylic acids is 1. The Kier molecular flexibility index (Phi) is 7.67. The molecule has 3 aromatic rings. The van der Waals surface area contributed by atoms with Crippen LogP contribution < -0.4 is 15.4 Å². The average molecular weight is 538 g/mol. The third-order valence-electron chi connectivity index (χ3n) is 4.93. The third kappa shape index (κ3) is 6.13. The SMILES string of the molecule is COc1ccc([N+](=O)[O-])cc1NC(=O)c1ccc(C(=O)O)c(C(=O)Nc2ccc(Cl)c(C(F)(F)F)c2)c1. The van der Waals surface area contributed by atoms with Crippen LogP contribution in [0.25, 0.3) is 0 Å². The molecule has 3 aromatic carbocycles. The minimum atomic E-state index is -4.81. The number of nitrogens with one attached hydrogen (secondary N) is 2. The van der Waals surface area contributed by atoms with E-state index in [9.17, 15) is 42.8 Å². The van der Waals surface area contributed by atoms with Crippen molar-refractivity contribution in [2.45, 2.75) is 6.18 Å². The molecule has 0 saturated heterocycles. The fraction of sp³-hybridized carbons (Fsp3) is 0.0870. The van der Waals surface area contributed by atoms with Gasteiger partial charge in [-0.15, -0.1) is 0 Å². The number of hydrogen-bond acceptors (Lipinski definition) is 6. The summed E-state index contributed by atoms with van der Waals surface area (Å²) in [6, 6.07) is 8.97. The predicted molar refractivity (Wildman–Crippen MR) is 125 cm³/mol. The van der Waals surface area contributed by atoms with Crippen molar-refractivity contribution in [1.82, 2.24) is 0 Å². The number of carboxylic acid groups (broad SMARTS) is 1. The van der Waals surface area contributed by atoms with Crippen molar-refractivity contribution in [1.29, 1.82) is 0 Å². The normalized spacial score (nSPS) is 10.9. The van der Waals surface area contributed by atoms with Crippen molar-refractivity contribution in [2.24, 2.45) is 0 Å². The van der Waals surface area contributed by atoms with Crippen molar-refractivity contribution in [2.75, 3.05) is 17.7 Å². The summed E-state index contributed by atoms with van der Waals surface area (Å²) in [7, 11) is 1.27. The monoisotopic (exact) mass is 537 g/mol. The van der Waals surface area contributed by atoms with Crippen LogP contribution in [0, 0.1) is 10.1 Å². The molecule has 0 unspecified atom stereocenters. The Morgan fingerprint density at radius 1 is 0.973 bits per heavy atom. The molecule has 0 saturated carbocycles. The molecular weight excluding hydrogens is 523 g/mol. The number of amides is 2. The van der Waals surface area contributed by atoms with E-state index in [1.165, 1.54) is 13.2 Å². The van der Waals surface area contributed by atoms with Crippen LogP contribution in [0.2, 0.25) is 5.02 Å². The first-order chi connectivity index (χ1) is 17.3. The van der Waals surface area contributed by atoms with Crippen LogP contribution in [0.5, 0.6) is 5.75 Å². The largest absolute Gasteiger partial charge is 0.495 e. The molecule has 0 radical (unpaired) electrons. The van der Waals surface area contributed by atoms with Crippen molar-refractivity contribution < 1.29 is 42.3 Å². The zero-order chi connectivity index (χ0) is 27.5. The number of carbonyl (C=O) groups excluding carboxylic acids is 2. The number of carbonyl (C=O) groups is 3. The Morgan fingerprint density at radius 2 is 1.68 bits per heavy atom. The molecule has 2 amide bonds. The summed E-state index contributed by atoms with van der Waals surface area (Å²) < 4.78 is 44.5. The fourth-order valence-electron chi connectivity index (χ4n) is 3.18. The molecule has 14 heteroatoms. The highest BCUT2D eigenvalue weighted by Gasteiger charge is 2.33. The van der Waals surface area contributed by atoms with E-state index in [2.05, 4.69) is 10.6 Å². The van der Waals surface area contributed by atoms with Gasteiger partial charge in [-0.05, 0) is 42.5 Å². The maximum Gasteiger partial charge on any atom is 0.417 e. The highest BCUT2D eigenvalue weighted by molar-refractivity contribution is 6.31. The summed E-state index contributed by atoms with van der Waals surface area (Å²) in [5.41, 5.74) is -3.26. The molecular formula is C23H15ClF3N3O7. The van der Waals surface area contributed by atoms with Crippen molar-refractivity contribution >= 4 is 46.4 Å². The van der Waals surface area contributed by atoms with Crippen molar-refractivity contribution in [3.63, 3.8) is 0 Å². The van der Waals surface area contributed by atoms with Gasteiger partial charge in [-0.1, -0.05) is 11.6 Å². The van der Waals surface area contributed by atoms with E-state index in [4.69, 9.17) is 16.3 Å². The Morgan fingerprint density at radius 3 is 2.27 bits per heavy atom. The lowest BCUT2D eigenvalue weighted by Gasteiger charge is -2.14. The van der Waals surface area contributed by atoms with E-state index in [1.54, 1.807) is 0 Å². The van der Waals surface area contributed by atoms with Gasteiger partial charge in [0.25, 0.3) is 17.5 Å². The molecule has 0 aromatic heterocycles. The van der Waals surface area contributed by atoms with Crippen LogP contribution in [0.1, 0.15) is 36.6 Å². The number of rotatable bonds is 7. The van der Waals surface area contributed by atoms with E-state index in [-0.39, 0.29) is 28.4 Å². The van der Waals surface area contributed by atoms with Gasteiger partial charge in [-0.25, -0.2) is 4.79 Å². The van der Waals surface area contributed by atoms with Gasteiger partial charge in [0.1, 0.15) is 5.75 Å². The second-order valence-electron chi connectivity index (χ2n) is 7.31. The Labute approximate surface area is 210 Å². The molecule has 3 rings (SSSR count). The molecule has 0 atom stereocenters. The van der Waals surface area contributed by atoms with Gasteiger partial charge >= 0.3 is 12.1 Å². The molecule has 10 nitrogen and oxygen atoms in total. The summed E-state index contributed by atoms with van der Waals surface area (Å²) in [6.07, 6.45) is -4.81. The number of nitro benzene ring substituents is 1. The number of aromatic carboxylic acids is 1. The van der Waals surface area contributed by atoms with Gasteiger partial charge in [0.2, 0.25) is 0 Å². The van der Waals surface area contributed by atoms with E-state index in [1.807, 2.05) is 0 Å². The van der Waals surface area contributed by atoms with E-state index >= 15 is 0 Å². The van der Waals surface area contributed by atoms with E-state index in [0.717, 1.165) is 42.5 Å². The highest BCUT2D eigenvalue weighted by Crippen LogP contribution is 2.36. The van der Waals surface area contributed by atoms with E-state index < -0.39 is 50.6 Å².